The highest BCUT2D eigenvalue weighted by atomic mass is 19.4. The van der Waals surface area contributed by atoms with Crippen molar-refractivity contribution in [3.8, 4) is 11.4 Å². The van der Waals surface area contributed by atoms with Crippen LogP contribution in [0.25, 0.3) is 27.7 Å². The van der Waals surface area contributed by atoms with Gasteiger partial charge in [0, 0.05) is 23.7 Å². The van der Waals surface area contributed by atoms with Gasteiger partial charge in [-0.2, -0.15) is 17.9 Å². The van der Waals surface area contributed by atoms with Crippen molar-refractivity contribution in [2.75, 3.05) is 0 Å². The second-order valence-corrected chi connectivity index (χ2v) is 9.58. The summed E-state index contributed by atoms with van der Waals surface area (Å²) in [5.74, 6) is 0.438. The van der Waals surface area contributed by atoms with Crippen LogP contribution in [0.15, 0.2) is 95.2 Å². The van der Waals surface area contributed by atoms with Gasteiger partial charge in [0.1, 0.15) is 6.61 Å². The minimum atomic E-state index is -4.65. The maximum Gasteiger partial charge on any atom is 0.418 e. The van der Waals surface area contributed by atoms with Gasteiger partial charge in [0.15, 0.2) is 5.82 Å². The molecule has 2 aromatic heterocycles. The van der Waals surface area contributed by atoms with E-state index in [9.17, 15) is 22.8 Å². The monoisotopic (exact) mass is 560 g/mol. The van der Waals surface area contributed by atoms with Gasteiger partial charge < -0.3 is 4.74 Å². The zero-order chi connectivity index (χ0) is 29.3. The molecule has 7 nitrogen and oxygen atoms in total. The highest BCUT2D eigenvalue weighted by Crippen LogP contribution is 2.34. The Bertz CT molecular complexity index is 1870. The molecule has 0 N–H and O–H groups in total. The Kier molecular flexibility index (Phi) is 7.51. The number of benzene rings is 3. The number of rotatable bonds is 8. The molecule has 0 spiro atoms. The van der Waals surface area contributed by atoms with E-state index in [0.717, 1.165) is 16.2 Å². The number of fused-ring (bicyclic) bond motifs is 1. The molecule has 41 heavy (non-hydrogen) atoms. The Hall–Kier alpha value is -4.70. The van der Waals surface area contributed by atoms with E-state index in [1.165, 1.54) is 39.7 Å². The molecule has 0 saturated carbocycles. The molecule has 0 aliphatic carbocycles. The number of hydrogen-bond acceptors (Lipinski definition) is 4. The van der Waals surface area contributed by atoms with Crippen molar-refractivity contribution in [1.82, 2.24) is 18.9 Å². The van der Waals surface area contributed by atoms with E-state index < -0.39 is 17.3 Å². The normalized spacial score (nSPS) is 11.7. The lowest BCUT2D eigenvalue weighted by Crippen LogP contribution is -2.24. The van der Waals surface area contributed by atoms with Crippen molar-refractivity contribution >= 4 is 16.3 Å². The van der Waals surface area contributed by atoms with Gasteiger partial charge >= 0.3 is 11.9 Å². The van der Waals surface area contributed by atoms with Crippen molar-refractivity contribution in [3.63, 3.8) is 0 Å². The van der Waals surface area contributed by atoms with Crippen molar-refractivity contribution in [2.24, 2.45) is 0 Å². The van der Waals surface area contributed by atoms with Gasteiger partial charge in [-0.25, -0.2) is 4.79 Å². The van der Waals surface area contributed by atoms with Crippen LogP contribution in [0, 0.1) is 0 Å². The van der Waals surface area contributed by atoms with E-state index in [1.807, 2.05) is 37.3 Å². The highest BCUT2D eigenvalue weighted by molar-refractivity contribution is 5.93. The fourth-order valence-corrected chi connectivity index (χ4v) is 4.77. The van der Waals surface area contributed by atoms with Gasteiger partial charge in [0.2, 0.25) is 0 Å². The lowest BCUT2D eigenvalue weighted by atomic mass is 10.0. The molecule has 0 aliphatic heterocycles. The quantitative estimate of drug-likeness (QED) is 0.229. The van der Waals surface area contributed by atoms with Gasteiger partial charge in [-0.1, -0.05) is 49.0 Å². The molecule has 0 unspecified atom stereocenters. The van der Waals surface area contributed by atoms with Crippen molar-refractivity contribution in [1.29, 1.82) is 0 Å². The molecule has 2 heterocycles. The third-order valence-corrected chi connectivity index (χ3v) is 6.77. The number of ether oxygens (including phenoxy) is 1. The van der Waals surface area contributed by atoms with Crippen LogP contribution in [0.3, 0.4) is 0 Å². The Morgan fingerprint density at radius 3 is 2.34 bits per heavy atom. The summed E-state index contributed by atoms with van der Waals surface area (Å²) in [6.45, 7) is 8.34. The van der Waals surface area contributed by atoms with Crippen LogP contribution < -0.4 is 11.2 Å². The first kappa shape index (κ1) is 27.9. The molecule has 0 saturated heterocycles. The molecule has 0 aliphatic rings. The number of halogens is 3. The zero-order valence-corrected chi connectivity index (χ0v) is 22.5. The molecular weight excluding hydrogens is 533 g/mol. The van der Waals surface area contributed by atoms with Crippen LogP contribution >= 0.6 is 0 Å². The molecule has 10 heteroatoms. The first-order valence-corrected chi connectivity index (χ1v) is 12.9. The van der Waals surface area contributed by atoms with Crippen LogP contribution in [0.1, 0.15) is 36.4 Å². The summed E-state index contributed by atoms with van der Waals surface area (Å²) in [6.07, 6.45) is -3.29. The lowest BCUT2D eigenvalue weighted by molar-refractivity contribution is -0.137. The van der Waals surface area contributed by atoms with Gasteiger partial charge in [-0.15, -0.1) is 5.10 Å². The third kappa shape index (κ3) is 5.38. The van der Waals surface area contributed by atoms with E-state index in [0.29, 0.717) is 41.2 Å². The second-order valence-electron chi connectivity index (χ2n) is 9.58. The molecular formula is C31H27F3N4O3. The first-order chi connectivity index (χ1) is 19.6. The number of hydrogen-bond donors (Lipinski definition) is 0. The maximum atomic E-state index is 13.8. The molecule has 210 valence electrons. The Balaban J connectivity index is 1.59. The number of nitrogens with zero attached hydrogens (tertiary/aromatic N) is 4. The Morgan fingerprint density at radius 1 is 0.951 bits per heavy atom. The minimum Gasteiger partial charge on any atom is -0.369 e. The number of alkyl halides is 3. The molecule has 0 fully saturated rings. The van der Waals surface area contributed by atoms with Crippen molar-refractivity contribution < 1.29 is 17.9 Å². The van der Waals surface area contributed by atoms with Crippen LogP contribution in [0.2, 0.25) is 0 Å². The van der Waals surface area contributed by atoms with Crippen LogP contribution in [-0.4, -0.2) is 18.9 Å². The molecule has 0 bridgehead atoms. The van der Waals surface area contributed by atoms with Crippen molar-refractivity contribution in [2.45, 2.75) is 39.8 Å². The summed E-state index contributed by atoms with van der Waals surface area (Å²) in [5, 5.41) is 5.13. The van der Waals surface area contributed by atoms with E-state index >= 15 is 0 Å². The Labute approximate surface area is 233 Å². The first-order valence-electron chi connectivity index (χ1n) is 12.9. The molecule has 5 aromatic rings. The van der Waals surface area contributed by atoms with E-state index in [2.05, 4.69) is 11.7 Å². The molecule has 3 aromatic carbocycles. The van der Waals surface area contributed by atoms with Crippen LogP contribution in [-0.2, 0) is 30.7 Å². The average molecular weight is 561 g/mol. The molecule has 5 rings (SSSR count). The lowest BCUT2D eigenvalue weighted by Gasteiger charge is -2.17. The van der Waals surface area contributed by atoms with E-state index in [-0.39, 0.29) is 23.4 Å². The predicted molar refractivity (Wildman–Crippen MR) is 151 cm³/mol. The van der Waals surface area contributed by atoms with E-state index in [4.69, 9.17) is 4.74 Å². The third-order valence-electron chi connectivity index (χ3n) is 6.77. The number of allylic oxidation sites excluding steroid dienone is 1. The fourth-order valence-electron chi connectivity index (χ4n) is 4.77. The summed E-state index contributed by atoms with van der Waals surface area (Å²) < 4.78 is 50.8. The summed E-state index contributed by atoms with van der Waals surface area (Å²) in [7, 11) is 0. The van der Waals surface area contributed by atoms with Gasteiger partial charge in [-0.3, -0.25) is 13.9 Å². The smallest absolute Gasteiger partial charge is 0.369 e. The molecule has 0 atom stereocenters. The fraction of sp³-hybridized carbons (Fsp3) is 0.194. The topological polar surface area (TPSA) is 71.0 Å². The number of aromatic nitrogens is 4. The average Bonchev–Trinajstić information content (AvgIpc) is 3.27. The summed E-state index contributed by atoms with van der Waals surface area (Å²) >= 11 is 0. The van der Waals surface area contributed by atoms with Crippen molar-refractivity contribution in [3.05, 3.63) is 129 Å². The maximum absolute atomic E-state index is 13.8. The van der Waals surface area contributed by atoms with Gasteiger partial charge in [-0.05, 0) is 60.7 Å². The molecule has 0 radical (unpaired) electrons. The van der Waals surface area contributed by atoms with E-state index in [1.54, 1.807) is 19.1 Å². The SMILES string of the molecule is C=C(C)c1cn(-c2ccccc2C(F)(F)F)c(=O)c2ccc(-n3nc(COCc4ccccc4)n(CC)c3=O)cc12. The largest absolute Gasteiger partial charge is 0.418 e. The van der Waals surface area contributed by atoms with Gasteiger partial charge in [0.25, 0.3) is 5.56 Å². The summed E-state index contributed by atoms with van der Waals surface area (Å²) in [4.78, 5) is 26.8. The van der Waals surface area contributed by atoms with Gasteiger partial charge in [0.05, 0.1) is 23.5 Å². The predicted octanol–water partition coefficient (Wildman–Crippen LogP) is 6.13. The summed E-state index contributed by atoms with van der Waals surface area (Å²) in [6, 6.07) is 19.2. The number of pyridine rings is 1. The highest BCUT2D eigenvalue weighted by Gasteiger charge is 2.34. The van der Waals surface area contributed by atoms with Crippen LogP contribution in [0.5, 0.6) is 0 Å². The zero-order valence-electron chi connectivity index (χ0n) is 22.5. The summed E-state index contributed by atoms with van der Waals surface area (Å²) in [5.41, 5.74) is 0.168. The minimum absolute atomic E-state index is 0.110. The standard InChI is InChI=1S/C31H27F3N4O3/c1-4-36-28(19-41-18-21-10-6-5-7-11-21)35-38(30(36)40)22-14-15-23-24(16-22)25(20(2)3)17-37(29(23)39)27-13-9-8-12-26(27)31(32,33)34/h5-17H,2,4,18-19H2,1,3H3. The Morgan fingerprint density at radius 2 is 1.66 bits per heavy atom. The molecule has 0 amide bonds. The second kappa shape index (κ2) is 11.1. The number of para-hydroxylation sites is 1. The van der Waals surface area contributed by atoms with Crippen LogP contribution in [0.4, 0.5) is 13.2 Å².